The summed E-state index contributed by atoms with van der Waals surface area (Å²) in [5.41, 5.74) is 0.909. The largest absolute Gasteiger partial charge is 0.313 e. The van der Waals surface area contributed by atoms with E-state index in [2.05, 4.69) is 36.3 Å². The zero-order valence-electron chi connectivity index (χ0n) is 11.8. The second-order valence-electron chi connectivity index (χ2n) is 4.70. The van der Waals surface area contributed by atoms with Gasteiger partial charge in [-0.05, 0) is 31.5 Å². The molecule has 2 rings (SSSR count). The second-order valence-corrected chi connectivity index (χ2v) is 6.05. The molecule has 0 amide bonds. The summed E-state index contributed by atoms with van der Waals surface area (Å²) >= 11 is 1.79. The first kappa shape index (κ1) is 14.3. The quantitative estimate of drug-likeness (QED) is 0.791. The van der Waals surface area contributed by atoms with E-state index in [0.29, 0.717) is 11.3 Å². The van der Waals surface area contributed by atoms with Crippen molar-refractivity contribution in [2.24, 2.45) is 0 Å². The van der Waals surface area contributed by atoms with Crippen molar-refractivity contribution in [3.8, 4) is 0 Å². The zero-order valence-corrected chi connectivity index (χ0v) is 12.7. The maximum atomic E-state index is 4.28. The van der Waals surface area contributed by atoms with Gasteiger partial charge in [0.15, 0.2) is 10.8 Å². The Morgan fingerprint density at radius 2 is 2.16 bits per heavy atom. The summed E-state index contributed by atoms with van der Waals surface area (Å²) in [5, 5.41) is 13.5. The molecule has 5 heteroatoms. The molecule has 0 aliphatic rings. The van der Waals surface area contributed by atoms with Crippen molar-refractivity contribution in [2.75, 3.05) is 6.54 Å². The summed E-state index contributed by atoms with van der Waals surface area (Å²) < 4.78 is 2.05. The number of rotatable bonds is 7. The Hall–Kier alpha value is -1.07. The third-order valence-electron chi connectivity index (χ3n) is 3.24. The Morgan fingerprint density at radius 1 is 1.32 bits per heavy atom. The van der Waals surface area contributed by atoms with Crippen LogP contribution in [-0.2, 0) is 0 Å². The molecular weight excluding hydrogens is 256 g/mol. The van der Waals surface area contributed by atoms with Crippen molar-refractivity contribution in [1.82, 2.24) is 19.9 Å². The van der Waals surface area contributed by atoms with Gasteiger partial charge < -0.3 is 5.32 Å². The van der Waals surface area contributed by atoms with Gasteiger partial charge >= 0.3 is 0 Å². The number of fused-ring (bicyclic) bond motifs is 1. The second kappa shape index (κ2) is 6.91. The van der Waals surface area contributed by atoms with Gasteiger partial charge in [-0.2, -0.15) is 0 Å². The van der Waals surface area contributed by atoms with Gasteiger partial charge in [-0.1, -0.05) is 38.6 Å². The van der Waals surface area contributed by atoms with Crippen LogP contribution in [0.15, 0.2) is 29.6 Å². The Bertz CT molecular complexity index is 511. The first-order valence-corrected chi connectivity index (χ1v) is 7.84. The van der Waals surface area contributed by atoms with E-state index in [0.717, 1.165) is 23.8 Å². The van der Waals surface area contributed by atoms with E-state index in [1.54, 1.807) is 11.8 Å². The van der Waals surface area contributed by atoms with E-state index in [-0.39, 0.29) is 0 Å². The zero-order chi connectivity index (χ0) is 13.7. The smallest absolute Gasteiger partial charge is 0.195 e. The summed E-state index contributed by atoms with van der Waals surface area (Å²) in [5.74, 6) is 0. The molecule has 0 spiro atoms. The monoisotopic (exact) mass is 278 g/mol. The van der Waals surface area contributed by atoms with E-state index >= 15 is 0 Å². The summed E-state index contributed by atoms with van der Waals surface area (Å²) in [6.45, 7) is 7.76. The lowest BCUT2D eigenvalue weighted by atomic mass is 10.1. The lowest BCUT2D eigenvalue weighted by Gasteiger charge is -2.22. The molecule has 2 unspecified atom stereocenters. The van der Waals surface area contributed by atoms with Crippen LogP contribution in [0, 0.1) is 0 Å². The molecule has 4 nitrogen and oxygen atoms in total. The number of hydrogen-bond donors (Lipinski definition) is 1. The third-order valence-corrected chi connectivity index (χ3v) is 4.43. The van der Waals surface area contributed by atoms with Crippen LogP contribution in [0.2, 0.25) is 0 Å². The molecular formula is C14H22N4S. The molecule has 0 aliphatic carbocycles. The van der Waals surface area contributed by atoms with Crippen LogP contribution in [0.4, 0.5) is 0 Å². The summed E-state index contributed by atoms with van der Waals surface area (Å²) in [4.78, 5) is 0. The molecule has 2 aromatic rings. The molecule has 1 N–H and O–H groups in total. The van der Waals surface area contributed by atoms with Crippen LogP contribution in [0.5, 0.6) is 0 Å². The maximum Gasteiger partial charge on any atom is 0.195 e. The molecule has 0 fully saturated rings. The van der Waals surface area contributed by atoms with E-state index in [9.17, 15) is 0 Å². The number of nitrogens with zero attached hydrogens (tertiary/aromatic N) is 3. The number of aromatic nitrogens is 3. The summed E-state index contributed by atoms with van der Waals surface area (Å²) in [6.07, 6.45) is 4.32. The standard InChI is InChI=1S/C14H22N4S/c1-4-9-15-12(5-2)11(3)19-14-17-16-13-8-6-7-10-18(13)14/h6-8,10-12,15H,4-5,9H2,1-3H3. The van der Waals surface area contributed by atoms with Gasteiger partial charge in [0.05, 0.1) is 0 Å². The minimum atomic E-state index is 0.476. The molecule has 0 aliphatic heterocycles. The van der Waals surface area contributed by atoms with Gasteiger partial charge in [-0.15, -0.1) is 10.2 Å². The maximum absolute atomic E-state index is 4.28. The molecule has 0 radical (unpaired) electrons. The van der Waals surface area contributed by atoms with E-state index in [1.165, 1.54) is 6.42 Å². The molecule has 0 aromatic carbocycles. The van der Waals surface area contributed by atoms with Crippen molar-refractivity contribution in [2.45, 2.75) is 50.1 Å². The third kappa shape index (κ3) is 3.48. The normalized spacial score (nSPS) is 14.7. The van der Waals surface area contributed by atoms with Crippen molar-refractivity contribution in [3.63, 3.8) is 0 Å². The highest BCUT2D eigenvalue weighted by Gasteiger charge is 2.18. The first-order chi connectivity index (χ1) is 9.26. The SMILES string of the molecule is CCCNC(CC)C(C)Sc1nnc2ccccn12. The molecule has 104 valence electrons. The highest BCUT2D eigenvalue weighted by molar-refractivity contribution is 7.99. The number of pyridine rings is 1. The summed E-state index contributed by atoms with van der Waals surface area (Å²) in [7, 11) is 0. The van der Waals surface area contributed by atoms with Crippen molar-refractivity contribution >= 4 is 17.4 Å². The topological polar surface area (TPSA) is 42.2 Å². The van der Waals surface area contributed by atoms with Gasteiger partial charge in [0.2, 0.25) is 0 Å². The molecule has 2 atom stereocenters. The number of thioether (sulfide) groups is 1. The van der Waals surface area contributed by atoms with Gasteiger partial charge in [-0.3, -0.25) is 4.40 Å². The van der Waals surface area contributed by atoms with Crippen molar-refractivity contribution < 1.29 is 0 Å². The van der Waals surface area contributed by atoms with E-state index in [1.807, 2.05) is 28.8 Å². The molecule has 2 heterocycles. The Kier molecular flexibility index (Phi) is 5.22. The molecule has 0 saturated heterocycles. The number of nitrogens with one attached hydrogen (secondary N) is 1. The van der Waals surface area contributed by atoms with Crippen LogP contribution in [0.1, 0.15) is 33.6 Å². The van der Waals surface area contributed by atoms with Gasteiger partial charge in [0.1, 0.15) is 0 Å². The van der Waals surface area contributed by atoms with Crippen LogP contribution >= 0.6 is 11.8 Å². The minimum absolute atomic E-state index is 0.476. The minimum Gasteiger partial charge on any atom is -0.313 e. The first-order valence-electron chi connectivity index (χ1n) is 6.96. The van der Waals surface area contributed by atoms with E-state index < -0.39 is 0 Å². The highest BCUT2D eigenvalue weighted by Crippen LogP contribution is 2.25. The average molecular weight is 278 g/mol. The Balaban J connectivity index is 2.07. The lowest BCUT2D eigenvalue weighted by molar-refractivity contribution is 0.493. The molecule has 0 saturated carbocycles. The van der Waals surface area contributed by atoms with E-state index in [4.69, 9.17) is 0 Å². The van der Waals surface area contributed by atoms with Crippen LogP contribution in [-0.4, -0.2) is 32.4 Å². The van der Waals surface area contributed by atoms with Crippen LogP contribution in [0.3, 0.4) is 0 Å². The molecule has 0 bridgehead atoms. The lowest BCUT2D eigenvalue weighted by Crippen LogP contribution is -2.36. The van der Waals surface area contributed by atoms with Gasteiger partial charge in [0, 0.05) is 17.5 Å². The predicted molar refractivity (Wildman–Crippen MR) is 80.7 cm³/mol. The predicted octanol–water partition coefficient (Wildman–Crippen LogP) is 2.99. The fourth-order valence-electron chi connectivity index (χ4n) is 2.12. The van der Waals surface area contributed by atoms with Gasteiger partial charge in [0.25, 0.3) is 0 Å². The fourth-order valence-corrected chi connectivity index (χ4v) is 3.26. The van der Waals surface area contributed by atoms with Crippen molar-refractivity contribution in [1.29, 1.82) is 0 Å². The average Bonchev–Trinajstić information content (AvgIpc) is 2.83. The highest BCUT2D eigenvalue weighted by atomic mass is 32.2. The van der Waals surface area contributed by atoms with Crippen LogP contribution in [0.25, 0.3) is 5.65 Å². The Labute approximate surface area is 119 Å². The fraction of sp³-hybridized carbons (Fsp3) is 0.571. The molecule has 2 aromatic heterocycles. The Morgan fingerprint density at radius 3 is 2.89 bits per heavy atom. The summed E-state index contributed by atoms with van der Waals surface area (Å²) in [6, 6.07) is 6.49. The molecule has 19 heavy (non-hydrogen) atoms. The van der Waals surface area contributed by atoms with Crippen molar-refractivity contribution in [3.05, 3.63) is 24.4 Å². The van der Waals surface area contributed by atoms with Crippen LogP contribution < -0.4 is 5.32 Å². The number of hydrogen-bond acceptors (Lipinski definition) is 4. The van der Waals surface area contributed by atoms with Gasteiger partial charge in [-0.25, -0.2) is 0 Å².